The molecule has 0 aliphatic rings. The first-order valence-corrected chi connectivity index (χ1v) is 4.51. The van der Waals surface area contributed by atoms with Crippen molar-refractivity contribution in [3.8, 4) is 0 Å². The zero-order valence-electron chi connectivity index (χ0n) is 8.64. The smallest absolute Gasteiger partial charge is 0.00418 e. The van der Waals surface area contributed by atoms with E-state index in [0.29, 0.717) is 0 Å². The Morgan fingerprint density at radius 3 is 2.50 bits per heavy atom. The summed E-state index contributed by atoms with van der Waals surface area (Å²) in [6.45, 7) is 11.0. The predicted molar refractivity (Wildman–Crippen MR) is 55.1 cm³/mol. The van der Waals surface area contributed by atoms with Gasteiger partial charge in [0.1, 0.15) is 0 Å². The monoisotopic (exact) mass is 170 g/mol. The largest absolute Gasteiger partial charge is 0.330 e. The summed E-state index contributed by atoms with van der Waals surface area (Å²) in [4.78, 5) is 2.30. The third-order valence-electron chi connectivity index (χ3n) is 1.97. The Morgan fingerprint density at radius 1 is 1.50 bits per heavy atom. The van der Waals surface area contributed by atoms with E-state index in [2.05, 4.69) is 32.4 Å². The Balaban J connectivity index is 3.67. The molecule has 12 heavy (non-hydrogen) atoms. The molecular formula is C10H22N2. The van der Waals surface area contributed by atoms with E-state index >= 15 is 0 Å². The van der Waals surface area contributed by atoms with E-state index in [9.17, 15) is 0 Å². The minimum absolute atomic E-state index is 0.232. The van der Waals surface area contributed by atoms with Crippen LogP contribution < -0.4 is 5.73 Å². The van der Waals surface area contributed by atoms with E-state index in [1.807, 2.05) is 6.08 Å². The number of nitrogens with two attached hydrogens (primary N) is 1. The summed E-state index contributed by atoms with van der Waals surface area (Å²) in [5, 5.41) is 0. The summed E-state index contributed by atoms with van der Waals surface area (Å²) in [6, 6.07) is 0. The second-order valence-electron chi connectivity index (χ2n) is 4.18. The summed E-state index contributed by atoms with van der Waals surface area (Å²) in [5.74, 6) is 0. The molecule has 0 saturated carbocycles. The molecule has 0 saturated heterocycles. The molecule has 0 rings (SSSR count). The lowest BCUT2D eigenvalue weighted by molar-refractivity contribution is 0.219. The topological polar surface area (TPSA) is 29.3 Å². The van der Waals surface area contributed by atoms with Crippen LogP contribution in [0.2, 0.25) is 0 Å². The standard InChI is InChI=1S/C10H22N2/c1-5-6-7-12(4)9-10(2,3)8-11/h5H,1,6-9,11H2,2-4H3. The second-order valence-corrected chi connectivity index (χ2v) is 4.18. The Labute approximate surface area is 76.4 Å². The maximum Gasteiger partial charge on any atom is 0.00418 e. The molecule has 0 aromatic heterocycles. The normalized spacial score (nSPS) is 12.1. The van der Waals surface area contributed by atoms with Crippen LogP contribution in [0.25, 0.3) is 0 Å². The van der Waals surface area contributed by atoms with E-state index in [1.165, 1.54) is 0 Å². The van der Waals surface area contributed by atoms with Crippen LogP contribution in [-0.4, -0.2) is 31.6 Å². The molecule has 0 heterocycles. The molecule has 2 nitrogen and oxygen atoms in total. The minimum Gasteiger partial charge on any atom is -0.330 e. The van der Waals surface area contributed by atoms with Crippen LogP contribution in [0.3, 0.4) is 0 Å². The maximum atomic E-state index is 5.64. The van der Waals surface area contributed by atoms with Gasteiger partial charge in [-0.3, -0.25) is 0 Å². The van der Waals surface area contributed by atoms with Crippen molar-refractivity contribution in [3.05, 3.63) is 12.7 Å². The first kappa shape index (κ1) is 11.7. The van der Waals surface area contributed by atoms with Gasteiger partial charge in [-0.05, 0) is 25.4 Å². The second kappa shape index (κ2) is 5.33. The average Bonchev–Trinajstić information content (AvgIpc) is 2.00. The van der Waals surface area contributed by atoms with Crippen LogP contribution >= 0.6 is 0 Å². The molecule has 72 valence electrons. The molecule has 0 aromatic carbocycles. The number of hydrogen-bond donors (Lipinski definition) is 1. The molecule has 0 bridgehead atoms. The summed E-state index contributed by atoms with van der Waals surface area (Å²) < 4.78 is 0. The SMILES string of the molecule is C=CCCN(C)CC(C)(C)CN. The van der Waals surface area contributed by atoms with Gasteiger partial charge in [0, 0.05) is 13.1 Å². The maximum absolute atomic E-state index is 5.64. The molecule has 0 aliphatic carbocycles. The summed E-state index contributed by atoms with van der Waals surface area (Å²) in [7, 11) is 2.13. The average molecular weight is 170 g/mol. The van der Waals surface area contributed by atoms with Gasteiger partial charge in [0.25, 0.3) is 0 Å². The van der Waals surface area contributed by atoms with Crippen molar-refractivity contribution in [2.45, 2.75) is 20.3 Å². The van der Waals surface area contributed by atoms with Gasteiger partial charge in [-0.2, -0.15) is 0 Å². The van der Waals surface area contributed by atoms with Gasteiger partial charge in [0.2, 0.25) is 0 Å². The van der Waals surface area contributed by atoms with Gasteiger partial charge < -0.3 is 10.6 Å². The molecule has 0 aromatic rings. The molecule has 2 N–H and O–H groups in total. The lowest BCUT2D eigenvalue weighted by atomic mass is 9.93. The van der Waals surface area contributed by atoms with E-state index in [4.69, 9.17) is 5.73 Å². The Morgan fingerprint density at radius 2 is 2.08 bits per heavy atom. The fourth-order valence-electron chi connectivity index (χ4n) is 1.19. The van der Waals surface area contributed by atoms with Crippen LogP contribution in [0, 0.1) is 5.41 Å². The van der Waals surface area contributed by atoms with Gasteiger partial charge >= 0.3 is 0 Å². The van der Waals surface area contributed by atoms with Gasteiger partial charge in [-0.1, -0.05) is 19.9 Å². The van der Waals surface area contributed by atoms with Crippen molar-refractivity contribution in [2.75, 3.05) is 26.7 Å². The Hall–Kier alpha value is -0.340. The van der Waals surface area contributed by atoms with E-state index in [-0.39, 0.29) is 5.41 Å². The fourth-order valence-corrected chi connectivity index (χ4v) is 1.19. The van der Waals surface area contributed by atoms with Crippen molar-refractivity contribution in [2.24, 2.45) is 11.1 Å². The highest BCUT2D eigenvalue weighted by molar-refractivity contribution is 4.75. The van der Waals surface area contributed by atoms with Crippen molar-refractivity contribution < 1.29 is 0 Å². The van der Waals surface area contributed by atoms with E-state index in [1.54, 1.807) is 0 Å². The van der Waals surface area contributed by atoms with E-state index in [0.717, 1.165) is 26.1 Å². The molecule has 0 radical (unpaired) electrons. The predicted octanol–water partition coefficient (Wildman–Crippen LogP) is 1.48. The van der Waals surface area contributed by atoms with Gasteiger partial charge in [0.05, 0.1) is 0 Å². The van der Waals surface area contributed by atoms with Crippen molar-refractivity contribution in [3.63, 3.8) is 0 Å². The fraction of sp³-hybridized carbons (Fsp3) is 0.800. The van der Waals surface area contributed by atoms with Gasteiger partial charge in [-0.25, -0.2) is 0 Å². The highest BCUT2D eigenvalue weighted by atomic mass is 15.1. The van der Waals surface area contributed by atoms with Crippen LogP contribution in [-0.2, 0) is 0 Å². The molecule has 2 heteroatoms. The lowest BCUT2D eigenvalue weighted by Gasteiger charge is -2.28. The van der Waals surface area contributed by atoms with Crippen molar-refractivity contribution in [1.29, 1.82) is 0 Å². The summed E-state index contributed by atoms with van der Waals surface area (Å²) in [5.41, 5.74) is 5.87. The Kier molecular flexibility index (Phi) is 5.18. The molecule has 0 amide bonds. The first-order valence-electron chi connectivity index (χ1n) is 4.51. The van der Waals surface area contributed by atoms with Gasteiger partial charge in [0.15, 0.2) is 0 Å². The zero-order chi connectivity index (χ0) is 9.61. The third kappa shape index (κ3) is 5.33. The summed E-state index contributed by atoms with van der Waals surface area (Å²) in [6.07, 6.45) is 3.00. The molecule has 0 atom stereocenters. The van der Waals surface area contributed by atoms with Crippen LogP contribution in [0.15, 0.2) is 12.7 Å². The highest BCUT2D eigenvalue weighted by Gasteiger charge is 2.17. The number of rotatable bonds is 6. The first-order chi connectivity index (χ1) is 5.52. The number of nitrogens with zero attached hydrogens (tertiary/aromatic N) is 1. The molecule has 0 spiro atoms. The molecule has 0 fully saturated rings. The molecule has 0 aliphatic heterocycles. The highest BCUT2D eigenvalue weighted by Crippen LogP contribution is 2.13. The van der Waals surface area contributed by atoms with E-state index < -0.39 is 0 Å². The van der Waals surface area contributed by atoms with Crippen molar-refractivity contribution in [1.82, 2.24) is 4.90 Å². The minimum atomic E-state index is 0.232. The van der Waals surface area contributed by atoms with Crippen LogP contribution in [0.5, 0.6) is 0 Å². The van der Waals surface area contributed by atoms with Crippen LogP contribution in [0.4, 0.5) is 0 Å². The third-order valence-corrected chi connectivity index (χ3v) is 1.97. The Bertz CT molecular complexity index is 130. The zero-order valence-corrected chi connectivity index (χ0v) is 8.64. The number of hydrogen-bond acceptors (Lipinski definition) is 2. The lowest BCUT2D eigenvalue weighted by Crippen LogP contribution is -2.37. The molecule has 0 unspecified atom stereocenters. The quantitative estimate of drug-likeness (QED) is 0.612. The molecular weight excluding hydrogens is 148 g/mol. The summed E-state index contributed by atoms with van der Waals surface area (Å²) >= 11 is 0. The van der Waals surface area contributed by atoms with Crippen molar-refractivity contribution >= 4 is 0 Å². The van der Waals surface area contributed by atoms with Gasteiger partial charge in [-0.15, -0.1) is 6.58 Å². The van der Waals surface area contributed by atoms with Crippen LogP contribution in [0.1, 0.15) is 20.3 Å².